The number of rotatable bonds is 7. The van der Waals surface area contributed by atoms with Crippen molar-refractivity contribution in [1.82, 2.24) is 10.2 Å². The fourth-order valence-electron chi connectivity index (χ4n) is 2.49. The van der Waals surface area contributed by atoms with E-state index in [1.807, 2.05) is 12.1 Å². The first-order valence-corrected chi connectivity index (χ1v) is 8.74. The summed E-state index contributed by atoms with van der Waals surface area (Å²) in [6.07, 6.45) is 4.25. The van der Waals surface area contributed by atoms with E-state index in [-0.39, 0.29) is 11.8 Å². The third-order valence-electron chi connectivity index (χ3n) is 3.69. The number of urea groups is 1. The first kappa shape index (κ1) is 16.7. The van der Waals surface area contributed by atoms with Crippen molar-refractivity contribution < 1.29 is 14.0 Å². The second kappa shape index (κ2) is 8.73. The van der Waals surface area contributed by atoms with Gasteiger partial charge in [0.1, 0.15) is 5.76 Å². The Morgan fingerprint density at radius 1 is 1.50 bits per heavy atom. The standard InChI is InChI=1S/C15H23N3O3S/c16-15(20)18-7-1-4-12(10-18)14(19)17-6-3-9-22-11-13-5-2-8-21-13/h2,5,8,12H,1,3-4,6-7,9-11H2,(H2,16,20)(H,17,19)/t12-/m0/s1. The average Bonchev–Trinajstić information content (AvgIpc) is 3.04. The summed E-state index contributed by atoms with van der Waals surface area (Å²) >= 11 is 1.79. The molecular formula is C15H23N3O3S. The second-order valence-electron chi connectivity index (χ2n) is 5.40. The number of likely N-dealkylation sites (tertiary alicyclic amines) is 1. The number of furan rings is 1. The van der Waals surface area contributed by atoms with Crippen molar-refractivity contribution >= 4 is 23.7 Å². The zero-order valence-corrected chi connectivity index (χ0v) is 13.4. The number of amides is 3. The molecular weight excluding hydrogens is 302 g/mol. The van der Waals surface area contributed by atoms with Crippen LogP contribution in [0.25, 0.3) is 0 Å². The molecule has 7 heteroatoms. The number of carbonyl (C=O) groups is 2. The number of nitrogens with one attached hydrogen (secondary N) is 1. The molecule has 0 aromatic carbocycles. The minimum atomic E-state index is -0.438. The number of nitrogens with zero attached hydrogens (tertiary/aromatic N) is 1. The minimum absolute atomic E-state index is 0.0296. The molecule has 1 aromatic rings. The topological polar surface area (TPSA) is 88.6 Å². The van der Waals surface area contributed by atoms with Crippen LogP contribution in [0.1, 0.15) is 25.0 Å². The van der Waals surface area contributed by atoms with Crippen LogP contribution in [0, 0.1) is 5.92 Å². The molecule has 1 fully saturated rings. The van der Waals surface area contributed by atoms with E-state index < -0.39 is 6.03 Å². The molecule has 0 unspecified atom stereocenters. The Bertz CT molecular complexity index is 478. The van der Waals surface area contributed by atoms with Crippen LogP contribution in [0.2, 0.25) is 0 Å². The highest BCUT2D eigenvalue weighted by Crippen LogP contribution is 2.16. The Kier molecular flexibility index (Phi) is 6.64. The van der Waals surface area contributed by atoms with E-state index in [0.717, 1.165) is 36.5 Å². The molecule has 3 amide bonds. The normalized spacial score (nSPS) is 18.2. The summed E-state index contributed by atoms with van der Waals surface area (Å²) in [7, 11) is 0. The fourth-order valence-corrected chi connectivity index (χ4v) is 3.35. The number of hydrogen-bond acceptors (Lipinski definition) is 4. The number of piperidine rings is 1. The lowest BCUT2D eigenvalue weighted by Crippen LogP contribution is -2.47. The lowest BCUT2D eigenvalue weighted by atomic mass is 9.97. The number of hydrogen-bond donors (Lipinski definition) is 2. The molecule has 0 bridgehead atoms. The molecule has 2 rings (SSSR count). The van der Waals surface area contributed by atoms with Crippen LogP contribution in [0.4, 0.5) is 4.79 Å². The van der Waals surface area contributed by atoms with Crippen LogP contribution >= 0.6 is 11.8 Å². The highest BCUT2D eigenvalue weighted by atomic mass is 32.2. The molecule has 2 heterocycles. The van der Waals surface area contributed by atoms with Gasteiger partial charge in [-0.05, 0) is 37.1 Å². The molecule has 0 saturated carbocycles. The van der Waals surface area contributed by atoms with E-state index in [9.17, 15) is 9.59 Å². The van der Waals surface area contributed by atoms with Crippen molar-refractivity contribution in [3.63, 3.8) is 0 Å². The molecule has 1 aromatic heterocycles. The van der Waals surface area contributed by atoms with E-state index in [1.54, 1.807) is 22.9 Å². The Balaban J connectivity index is 1.56. The molecule has 0 aliphatic carbocycles. The summed E-state index contributed by atoms with van der Waals surface area (Å²) in [6, 6.07) is 3.41. The fraction of sp³-hybridized carbons (Fsp3) is 0.600. The molecule has 1 aliphatic rings. The van der Waals surface area contributed by atoms with Crippen molar-refractivity contribution in [2.75, 3.05) is 25.4 Å². The molecule has 122 valence electrons. The lowest BCUT2D eigenvalue weighted by molar-refractivity contribution is -0.126. The highest BCUT2D eigenvalue weighted by Gasteiger charge is 2.26. The Morgan fingerprint density at radius 2 is 2.36 bits per heavy atom. The summed E-state index contributed by atoms with van der Waals surface area (Å²) in [6.45, 7) is 1.76. The SMILES string of the molecule is NC(=O)N1CCC[C@H](C(=O)NCCCSCc2ccco2)C1. The van der Waals surface area contributed by atoms with Gasteiger partial charge in [-0.15, -0.1) is 0 Å². The largest absolute Gasteiger partial charge is 0.468 e. The lowest BCUT2D eigenvalue weighted by Gasteiger charge is -2.30. The Labute approximate surface area is 134 Å². The van der Waals surface area contributed by atoms with Crippen molar-refractivity contribution in [3.8, 4) is 0 Å². The van der Waals surface area contributed by atoms with Crippen molar-refractivity contribution in [2.24, 2.45) is 11.7 Å². The number of carbonyl (C=O) groups excluding carboxylic acids is 2. The van der Waals surface area contributed by atoms with Gasteiger partial charge < -0.3 is 20.4 Å². The van der Waals surface area contributed by atoms with Crippen LogP contribution < -0.4 is 11.1 Å². The van der Waals surface area contributed by atoms with Gasteiger partial charge in [-0.1, -0.05) is 0 Å². The molecule has 3 N–H and O–H groups in total. The molecule has 0 radical (unpaired) electrons. The first-order chi connectivity index (χ1) is 10.7. The summed E-state index contributed by atoms with van der Waals surface area (Å²) < 4.78 is 5.25. The van der Waals surface area contributed by atoms with Crippen LogP contribution in [-0.4, -0.2) is 42.2 Å². The van der Waals surface area contributed by atoms with Crippen LogP contribution in [-0.2, 0) is 10.5 Å². The number of thioether (sulfide) groups is 1. The Hall–Kier alpha value is -1.63. The van der Waals surface area contributed by atoms with E-state index in [0.29, 0.717) is 19.6 Å². The monoisotopic (exact) mass is 325 g/mol. The quantitative estimate of drug-likeness (QED) is 0.748. The van der Waals surface area contributed by atoms with Crippen molar-refractivity contribution in [3.05, 3.63) is 24.2 Å². The highest BCUT2D eigenvalue weighted by molar-refractivity contribution is 7.98. The third kappa shape index (κ3) is 5.29. The number of primary amides is 1. The van der Waals surface area contributed by atoms with Crippen LogP contribution in [0.3, 0.4) is 0 Å². The first-order valence-electron chi connectivity index (χ1n) is 7.59. The molecule has 0 spiro atoms. The van der Waals surface area contributed by atoms with Gasteiger partial charge in [-0.25, -0.2) is 4.79 Å². The summed E-state index contributed by atoms with van der Waals surface area (Å²) in [5.41, 5.74) is 5.27. The van der Waals surface area contributed by atoms with Gasteiger partial charge in [-0.3, -0.25) is 4.79 Å². The smallest absolute Gasteiger partial charge is 0.314 e. The van der Waals surface area contributed by atoms with Crippen molar-refractivity contribution in [1.29, 1.82) is 0 Å². The predicted molar refractivity (Wildman–Crippen MR) is 86.4 cm³/mol. The minimum Gasteiger partial charge on any atom is -0.468 e. The van der Waals surface area contributed by atoms with E-state index in [2.05, 4.69) is 5.32 Å². The maximum Gasteiger partial charge on any atom is 0.314 e. The third-order valence-corrected chi connectivity index (χ3v) is 4.76. The Morgan fingerprint density at radius 3 is 3.09 bits per heavy atom. The van der Waals surface area contributed by atoms with E-state index >= 15 is 0 Å². The number of nitrogens with two attached hydrogens (primary N) is 1. The van der Waals surface area contributed by atoms with E-state index in [1.165, 1.54) is 0 Å². The van der Waals surface area contributed by atoms with Gasteiger partial charge in [0.2, 0.25) is 5.91 Å². The van der Waals surface area contributed by atoms with Gasteiger partial charge in [0.05, 0.1) is 17.9 Å². The van der Waals surface area contributed by atoms with Gasteiger partial charge in [-0.2, -0.15) is 11.8 Å². The predicted octanol–water partition coefficient (Wildman–Crippen LogP) is 1.81. The summed E-state index contributed by atoms with van der Waals surface area (Å²) in [4.78, 5) is 24.8. The molecule has 22 heavy (non-hydrogen) atoms. The van der Waals surface area contributed by atoms with Gasteiger partial charge >= 0.3 is 6.03 Å². The molecule has 6 nitrogen and oxygen atoms in total. The maximum absolute atomic E-state index is 12.1. The van der Waals surface area contributed by atoms with Crippen molar-refractivity contribution in [2.45, 2.75) is 25.0 Å². The average molecular weight is 325 g/mol. The molecule has 1 aliphatic heterocycles. The summed E-state index contributed by atoms with van der Waals surface area (Å²) in [5, 5.41) is 2.95. The van der Waals surface area contributed by atoms with Gasteiger partial charge in [0.15, 0.2) is 0 Å². The summed E-state index contributed by atoms with van der Waals surface area (Å²) in [5.74, 6) is 2.71. The van der Waals surface area contributed by atoms with Crippen LogP contribution in [0.5, 0.6) is 0 Å². The molecule has 1 saturated heterocycles. The maximum atomic E-state index is 12.1. The molecule has 1 atom stereocenters. The van der Waals surface area contributed by atoms with Gasteiger partial charge in [0, 0.05) is 19.6 Å². The zero-order valence-electron chi connectivity index (χ0n) is 12.6. The second-order valence-corrected chi connectivity index (χ2v) is 6.51. The zero-order chi connectivity index (χ0) is 15.8. The van der Waals surface area contributed by atoms with E-state index in [4.69, 9.17) is 10.2 Å². The van der Waals surface area contributed by atoms with Crippen LogP contribution in [0.15, 0.2) is 22.8 Å². The van der Waals surface area contributed by atoms with Gasteiger partial charge in [0.25, 0.3) is 0 Å².